The molecule has 0 saturated heterocycles. The Kier molecular flexibility index (Phi) is 2.52. The van der Waals surface area contributed by atoms with E-state index < -0.39 is 11.4 Å². The summed E-state index contributed by atoms with van der Waals surface area (Å²) in [5.74, 6) is -0.108. The Morgan fingerprint density at radius 1 is 1.90 bits per heavy atom. The van der Waals surface area contributed by atoms with E-state index in [1.165, 1.54) is 24.8 Å². The lowest BCUT2D eigenvalue weighted by Gasteiger charge is -2.05. The van der Waals surface area contributed by atoms with Gasteiger partial charge in [-0.25, -0.2) is 4.39 Å². The first-order valence-electron chi connectivity index (χ1n) is 2.80. The molecule has 0 saturated carbocycles. The predicted molar refractivity (Wildman–Crippen MR) is 44.0 cm³/mol. The van der Waals surface area contributed by atoms with Gasteiger partial charge in [-0.1, -0.05) is 0 Å². The van der Waals surface area contributed by atoms with E-state index in [-0.39, 0.29) is 5.78 Å². The van der Waals surface area contributed by atoms with Crippen molar-refractivity contribution in [2.45, 2.75) is 18.3 Å². The fraction of sp³-hybridized carbons (Fsp3) is 0.500. The fourth-order valence-corrected chi connectivity index (χ4v) is 2.43. The third kappa shape index (κ3) is 1.61. The van der Waals surface area contributed by atoms with Crippen molar-refractivity contribution in [3.8, 4) is 0 Å². The maximum atomic E-state index is 12.7. The second-order valence-electron chi connectivity index (χ2n) is 2.06. The minimum atomic E-state index is -1.11. The average molecular weight is 225 g/mol. The van der Waals surface area contributed by atoms with Gasteiger partial charge in [0.2, 0.25) is 0 Å². The summed E-state index contributed by atoms with van der Waals surface area (Å²) in [5.41, 5.74) is 0. The highest BCUT2D eigenvalue weighted by atomic mass is 79.9. The Labute approximate surface area is 71.2 Å². The van der Waals surface area contributed by atoms with Crippen LogP contribution in [0.3, 0.4) is 0 Å². The van der Waals surface area contributed by atoms with Gasteiger partial charge in [-0.2, -0.15) is 0 Å². The molecule has 0 bridgehead atoms. The molecule has 10 heavy (non-hydrogen) atoms. The zero-order valence-electron chi connectivity index (χ0n) is 5.30. The normalized spacial score (nSPS) is 32.1. The summed E-state index contributed by atoms with van der Waals surface area (Å²) in [6.07, 6.45) is 0.299. The van der Waals surface area contributed by atoms with Crippen molar-refractivity contribution in [2.24, 2.45) is 0 Å². The van der Waals surface area contributed by atoms with Crippen LogP contribution in [0.5, 0.6) is 0 Å². The smallest absolute Gasteiger partial charge is 0.146 e. The van der Waals surface area contributed by atoms with E-state index in [1.807, 2.05) is 0 Å². The molecule has 1 aliphatic heterocycles. The average Bonchev–Trinajstić information content (AvgIpc) is 2.10. The maximum absolute atomic E-state index is 12.7. The number of carbonyl (C=O) groups excluding carboxylic acids is 1. The number of thioether (sulfide) groups is 1. The topological polar surface area (TPSA) is 17.1 Å². The van der Waals surface area contributed by atoms with Crippen molar-refractivity contribution in [3.63, 3.8) is 0 Å². The molecule has 0 radical (unpaired) electrons. The Morgan fingerprint density at radius 3 is 2.70 bits per heavy atom. The van der Waals surface area contributed by atoms with Crippen LogP contribution in [0.2, 0.25) is 0 Å². The van der Waals surface area contributed by atoms with Crippen LogP contribution < -0.4 is 0 Å². The molecule has 2 unspecified atom stereocenters. The van der Waals surface area contributed by atoms with E-state index in [4.69, 9.17) is 0 Å². The standard InChI is InChI=1S/C6H6BrFOS/c1-3(9)6-4(8)2-5(7)10-6/h2,4,6H,1H3. The van der Waals surface area contributed by atoms with Gasteiger partial charge in [0, 0.05) is 3.81 Å². The number of allylic oxidation sites excluding steroid dienone is 1. The number of hydrogen-bond acceptors (Lipinski definition) is 2. The summed E-state index contributed by atoms with van der Waals surface area (Å²) in [4.78, 5) is 10.7. The number of alkyl halides is 1. The highest BCUT2D eigenvalue weighted by Gasteiger charge is 2.30. The second-order valence-corrected chi connectivity index (χ2v) is 4.63. The summed E-state index contributed by atoms with van der Waals surface area (Å²) >= 11 is 4.35. The number of Topliss-reactive ketones (excluding diaryl/α,β-unsaturated/α-hetero) is 1. The van der Waals surface area contributed by atoms with Crippen LogP contribution in [0.15, 0.2) is 9.89 Å². The number of hydrogen-bond donors (Lipinski definition) is 0. The quantitative estimate of drug-likeness (QED) is 0.680. The SMILES string of the molecule is CC(=O)C1SC(Br)=CC1F. The number of ketones is 1. The molecule has 4 heteroatoms. The van der Waals surface area contributed by atoms with Crippen LogP contribution in [0, 0.1) is 0 Å². The number of rotatable bonds is 1. The molecular formula is C6H6BrFOS. The van der Waals surface area contributed by atoms with Gasteiger partial charge in [-0.15, -0.1) is 11.8 Å². The van der Waals surface area contributed by atoms with Crippen molar-refractivity contribution < 1.29 is 9.18 Å². The molecule has 0 aromatic rings. The Balaban J connectivity index is 2.63. The minimum absolute atomic E-state index is 0.108. The van der Waals surface area contributed by atoms with Crippen LogP contribution in [-0.4, -0.2) is 17.2 Å². The van der Waals surface area contributed by atoms with Crippen molar-refractivity contribution in [1.29, 1.82) is 0 Å². The molecule has 56 valence electrons. The molecule has 1 heterocycles. The van der Waals surface area contributed by atoms with Gasteiger partial charge < -0.3 is 0 Å². The summed E-state index contributed by atoms with van der Waals surface area (Å²) < 4.78 is 13.5. The van der Waals surface area contributed by atoms with Gasteiger partial charge >= 0.3 is 0 Å². The first-order chi connectivity index (χ1) is 4.61. The molecule has 1 rings (SSSR count). The van der Waals surface area contributed by atoms with Crippen LogP contribution >= 0.6 is 27.7 Å². The number of halogens is 2. The molecule has 0 aromatic heterocycles. The molecule has 0 spiro atoms. The van der Waals surface area contributed by atoms with Gasteiger partial charge in [0.1, 0.15) is 17.2 Å². The van der Waals surface area contributed by atoms with Crippen molar-refractivity contribution in [1.82, 2.24) is 0 Å². The first-order valence-corrected chi connectivity index (χ1v) is 4.47. The van der Waals surface area contributed by atoms with E-state index >= 15 is 0 Å². The summed E-state index contributed by atoms with van der Waals surface area (Å²) in [7, 11) is 0. The summed E-state index contributed by atoms with van der Waals surface area (Å²) in [5, 5.41) is -0.519. The summed E-state index contributed by atoms with van der Waals surface area (Å²) in [6, 6.07) is 0. The van der Waals surface area contributed by atoms with Crippen LogP contribution in [0.1, 0.15) is 6.92 Å². The Bertz CT molecular complexity index is 192. The van der Waals surface area contributed by atoms with E-state index in [2.05, 4.69) is 15.9 Å². The van der Waals surface area contributed by atoms with E-state index in [0.29, 0.717) is 0 Å². The lowest BCUT2D eigenvalue weighted by atomic mass is 10.2. The fourth-order valence-electron chi connectivity index (χ4n) is 0.745. The molecular weight excluding hydrogens is 219 g/mol. The highest BCUT2D eigenvalue weighted by molar-refractivity contribution is 9.14. The molecule has 1 nitrogen and oxygen atoms in total. The highest BCUT2D eigenvalue weighted by Crippen LogP contribution is 2.38. The van der Waals surface area contributed by atoms with Gasteiger partial charge in [0.25, 0.3) is 0 Å². The van der Waals surface area contributed by atoms with Crippen LogP contribution in [-0.2, 0) is 4.79 Å². The van der Waals surface area contributed by atoms with E-state index in [0.717, 1.165) is 3.81 Å². The largest absolute Gasteiger partial charge is 0.299 e. The third-order valence-corrected chi connectivity index (χ3v) is 3.25. The maximum Gasteiger partial charge on any atom is 0.146 e. The molecule has 1 aliphatic rings. The second kappa shape index (κ2) is 3.05. The predicted octanol–water partition coefficient (Wildman–Crippen LogP) is 2.27. The van der Waals surface area contributed by atoms with Crippen molar-refractivity contribution in [2.75, 3.05) is 0 Å². The molecule has 2 atom stereocenters. The molecule has 0 fully saturated rings. The zero-order valence-corrected chi connectivity index (χ0v) is 7.71. The van der Waals surface area contributed by atoms with Gasteiger partial charge in [-0.05, 0) is 28.9 Å². The first kappa shape index (κ1) is 8.27. The van der Waals surface area contributed by atoms with Crippen LogP contribution in [0.4, 0.5) is 4.39 Å². The lowest BCUT2D eigenvalue weighted by molar-refractivity contribution is -0.117. The van der Waals surface area contributed by atoms with Crippen molar-refractivity contribution >= 4 is 33.5 Å². The minimum Gasteiger partial charge on any atom is -0.299 e. The molecule has 0 amide bonds. The van der Waals surface area contributed by atoms with Gasteiger partial charge in [0.05, 0.1) is 0 Å². The Morgan fingerprint density at radius 2 is 2.50 bits per heavy atom. The third-order valence-electron chi connectivity index (χ3n) is 1.22. The van der Waals surface area contributed by atoms with E-state index in [1.54, 1.807) is 0 Å². The zero-order chi connectivity index (χ0) is 7.72. The Hall–Kier alpha value is 0.170. The lowest BCUT2D eigenvalue weighted by Crippen LogP contribution is -2.20. The monoisotopic (exact) mass is 224 g/mol. The molecule has 0 aliphatic carbocycles. The number of carbonyl (C=O) groups is 1. The van der Waals surface area contributed by atoms with Crippen LogP contribution in [0.25, 0.3) is 0 Å². The van der Waals surface area contributed by atoms with E-state index in [9.17, 15) is 9.18 Å². The molecule has 0 N–H and O–H groups in total. The summed E-state index contributed by atoms with van der Waals surface area (Å²) in [6.45, 7) is 1.41. The molecule has 0 aromatic carbocycles. The van der Waals surface area contributed by atoms with Crippen molar-refractivity contribution in [3.05, 3.63) is 9.89 Å². The van der Waals surface area contributed by atoms with Gasteiger partial charge in [-0.3, -0.25) is 4.79 Å². The van der Waals surface area contributed by atoms with Gasteiger partial charge in [0.15, 0.2) is 0 Å².